The molecule has 0 aromatic heterocycles. The van der Waals surface area contributed by atoms with Crippen LogP contribution in [0.2, 0.25) is 0 Å². The molecule has 1 aromatic rings. The van der Waals surface area contributed by atoms with E-state index in [1.54, 1.807) is 32.9 Å². The maximum Gasteiger partial charge on any atom is 0.494 e. The van der Waals surface area contributed by atoms with Gasteiger partial charge < -0.3 is 18.8 Å². The molecule has 1 saturated heterocycles. The number of ether oxygens (including phenoxy) is 1. The minimum absolute atomic E-state index is 0.131. The third kappa shape index (κ3) is 9.04. The summed E-state index contributed by atoms with van der Waals surface area (Å²) in [6.45, 7) is 16.2. The highest BCUT2D eigenvalue weighted by Crippen LogP contribution is 2.36. The van der Waals surface area contributed by atoms with Crippen LogP contribution in [-0.4, -0.2) is 58.1 Å². The van der Waals surface area contributed by atoms with Crippen molar-refractivity contribution in [1.82, 2.24) is 4.31 Å². The van der Waals surface area contributed by atoms with Crippen LogP contribution in [0.15, 0.2) is 23.2 Å². The van der Waals surface area contributed by atoms with Gasteiger partial charge in [0, 0.05) is 12.3 Å². The van der Waals surface area contributed by atoms with Crippen molar-refractivity contribution >= 4 is 54.2 Å². The van der Waals surface area contributed by atoms with Gasteiger partial charge in [-0.2, -0.15) is 4.31 Å². The number of carbonyl (C=O) groups excluding carboxylic acids is 2. The first-order valence-corrected chi connectivity index (χ1v) is 13.1. The number of benzene rings is 1. The fourth-order valence-corrected chi connectivity index (χ4v) is 4.39. The number of thioether (sulfide) groups is 1. The first-order valence-electron chi connectivity index (χ1n) is 11.5. The van der Waals surface area contributed by atoms with E-state index in [4.69, 9.17) is 18.8 Å². The molecule has 0 aliphatic carbocycles. The smallest absolute Gasteiger partial charge is 0.443 e. The third-order valence-electron chi connectivity index (χ3n) is 5.40. The quantitative estimate of drug-likeness (QED) is 0.153. The minimum Gasteiger partial charge on any atom is -0.443 e. The number of aliphatic imine (C=N–C) groups is 1. The zero-order valence-electron chi connectivity index (χ0n) is 22.7. The molecule has 0 radical (unpaired) electrons. The Bertz CT molecular complexity index is 926. The Balaban J connectivity index is 0.00000205. The number of hydrogen-bond acceptors (Lipinski definition) is 8. The van der Waals surface area contributed by atoms with Crippen LogP contribution < -0.4 is 5.46 Å². The normalized spacial score (nSPS) is 17.7. The number of hydrogen-bond donors (Lipinski definition) is 0. The van der Waals surface area contributed by atoms with Gasteiger partial charge in [0.05, 0.1) is 11.2 Å². The fraction of sp³-hybridized carbons (Fsp3) is 0.625. The van der Waals surface area contributed by atoms with Gasteiger partial charge in [0.2, 0.25) is 0 Å². The second-order valence-corrected chi connectivity index (χ2v) is 12.1. The lowest BCUT2D eigenvalue weighted by Gasteiger charge is -2.32. The van der Waals surface area contributed by atoms with E-state index in [9.17, 15) is 13.1 Å². The number of aldehydes is 1. The summed E-state index contributed by atoms with van der Waals surface area (Å²) in [5.41, 5.74) is -0.596. The molecule has 12 heteroatoms. The van der Waals surface area contributed by atoms with E-state index < -0.39 is 30.0 Å². The Morgan fingerprint density at radius 2 is 1.78 bits per heavy atom. The van der Waals surface area contributed by atoms with Gasteiger partial charge in [-0.05, 0) is 78.9 Å². The Labute approximate surface area is 222 Å². The van der Waals surface area contributed by atoms with E-state index in [2.05, 4.69) is 4.99 Å². The van der Waals surface area contributed by atoms with Crippen molar-refractivity contribution in [3.05, 3.63) is 29.6 Å². The first kappa shape index (κ1) is 32.4. The Morgan fingerprint density at radius 1 is 1.25 bits per heavy atom. The van der Waals surface area contributed by atoms with Gasteiger partial charge in [0.25, 0.3) is 0 Å². The van der Waals surface area contributed by atoms with Crippen LogP contribution in [0, 0.1) is 5.82 Å². The third-order valence-corrected chi connectivity index (χ3v) is 7.12. The van der Waals surface area contributed by atoms with Crippen molar-refractivity contribution in [3.8, 4) is 0 Å². The van der Waals surface area contributed by atoms with Crippen molar-refractivity contribution in [3.63, 3.8) is 0 Å². The topological polar surface area (TPSA) is 77.4 Å². The molecule has 0 spiro atoms. The van der Waals surface area contributed by atoms with Crippen molar-refractivity contribution in [1.29, 1.82) is 0 Å². The molecule has 7 nitrogen and oxygen atoms in total. The lowest BCUT2D eigenvalue weighted by atomic mass is 9.78. The molecule has 202 valence electrons. The highest BCUT2D eigenvalue weighted by atomic mass is 32.2. The van der Waals surface area contributed by atoms with Crippen molar-refractivity contribution in [2.75, 3.05) is 7.05 Å². The van der Waals surface area contributed by atoms with Gasteiger partial charge >= 0.3 is 13.2 Å². The summed E-state index contributed by atoms with van der Waals surface area (Å²) in [4.78, 5) is 25.2. The number of amides is 1. The van der Waals surface area contributed by atoms with E-state index in [0.717, 1.165) is 27.8 Å². The number of carbonyl (C=O) groups is 2. The van der Waals surface area contributed by atoms with E-state index >= 15 is 0 Å². The number of rotatable bonds is 5. The SMILES string of the molecule is CC=O.CN=C(SC(C)Cc1cc(B2OC(C)(C)C(C)(C)O2)ccc1F)N(SF)C(=O)OC(C)(C)C. The zero-order chi connectivity index (χ0) is 27.9. The van der Waals surface area contributed by atoms with Crippen molar-refractivity contribution in [2.45, 2.75) is 90.8 Å². The summed E-state index contributed by atoms with van der Waals surface area (Å²) in [6, 6.07) is 4.78. The van der Waals surface area contributed by atoms with Crippen LogP contribution in [-0.2, 0) is 25.3 Å². The number of amidine groups is 1. The highest BCUT2D eigenvalue weighted by Gasteiger charge is 2.51. The summed E-state index contributed by atoms with van der Waals surface area (Å²) in [6.07, 6.45) is 0.214. The van der Waals surface area contributed by atoms with E-state index in [0.29, 0.717) is 12.0 Å². The summed E-state index contributed by atoms with van der Waals surface area (Å²) in [5.74, 6) is -0.360. The Hall–Kier alpha value is -1.63. The van der Waals surface area contributed by atoms with Crippen molar-refractivity contribution in [2.24, 2.45) is 4.99 Å². The van der Waals surface area contributed by atoms with Gasteiger partial charge in [-0.15, -0.1) is 3.89 Å². The molecule has 1 aliphatic heterocycles. The Morgan fingerprint density at radius 3 is 2.22 bits per heavy atom. The highest BCUT2D eigenvalue weighted by molar-refractivity contribution is 8.15. The second kappa shape index (κ2) is 13.3. The van der Waals surface area contributed by atoms with Crippen LogP contribution in [0.25, 0.3) is 0 Å². The van der Waals surface area contributed by atoms with Crippen LogP contribution in [0.3, 0.4) is 0 Å². The van der Waals surface area contributed by atoms with Gasteiger partial charge in [-0.25, -0.2) is 9.18 Å². The molecule has 0 saturated carbocycles. The summed E-state index contributed by atoms with van der Waals surface area (Å²) in [7, 11) is 0.859. The van der Waals surface area contributed by atoms with Crippen molar-refractivity contribution < 1.29 is 31.9 Å². The average molecular weight is 547 g/mol. The largest absolute Gasteiger partial charge is 0.494 e. The molecular weight excluding hydrogens is 509 g/mol. The molecule has 0 N–H and O–H groups in total. The molecular formula is C24H37BF2N2O5S2. The number of halogens is 2. The maximum atomic E-state index is 14.6. The summed E-state index contributed by atoms with van der Waals surface area (Å²) >= 11 is 0.880. The van der Waals surface area contributed by atoms with Crippen LogP contribution in [0.5, 0.6) is 0 Å². The standard InChI is InChI=1S/C22H33BF2N2O4S2.C2H4O/c1-14(32-18(26-9)27(33-25)19(28)29-20(2,3)4)12-15-13-16(10-11-17(15)24)23-30-21(5,6)22(7,8)31-23;1-2-3/h10-11,13-14H,12H2,1-9H3;2H,1H3. The fourth-order valence-electron chi connectivity index (χ4n) is 3.04. The van der Waals surface area contributed by atoms with Crippen LogP contribution in [0.4, 0.5) is 13.1 Å². The van der Waals surface area contributed by atoms with E-state index in [1.807, 2.05) is 34.6 Å². The first-order chi connectivity index (χ1) is 16.5. The zero-order valence-corrected chi connectivity index (χ0v) is 24.3. The van der Waals surface area contributed by atoms with Crippen LogP contribution in [0.1, 0.15) is 67.9 Å². The van der Waals surface area contributed by atoms with Crippen LogP contribution >= 0.6 is 24.1 Å². The molecule has 1 amide bonds. The molecule has 1 aliphatic rings. The molecule has 36 heavy (non-hydrogen) atoms. The summed E-state index contributed by atoms with van der Waals surface area (Å²) < 4.78 is 46.3. The Kier molecular flexibility index (Phi) is 11.9. The molecule has 1 heterocycles. The minimum atomic E-state index is -0.857. The molecule has 2 rings (SSSR count). The maximum absolute atomic E-state index is 14.6. The predicted octanol–water partition coefficient (Wildman–Crippen LogP) is 5.75. The molecule has 1 atom stereocenters. The number of nitrogens with zero attached hydrogens (tertiary/aromatic N) is 2. The van der Waals surface area contributed by atoms with Gasteiger partial charge in [-0.3, -0.25) is 4.99 Å². The van der Waals surface area contributed by atoms with E-state index in [-0.39, 0.29) is 28.6 Å². The monoisotopic (exact) mass is 546 g/mol. The van der Waals surface area contributed by atoms with E-state index in [1.165, 1.54) is 20.0 Å². The molecule has 1 aromatic carbocycles. The molecule has 1 fully saturated rings. The lowest BCUT2D eigenvalue weighted by molar-refractivity contribution is -0.106. The lowest BCUT2D eigenvalue weighted by Crippen LogP contribution is -2.41. The predicted molar refractivity (Wildman–Crippen MR) is 145 cm³/mol. The summed E-state index contributed by atoms with van der Waals surface area (Å²) in [5, 5.41) is -0.0874. The van der Waals surface area contributed by atoms with Gasteiger partial charge in [0.1, 0.15) is 17.7 Å². The average Bonchev–Trinajstić information content (AvgIpc) is 2.95. The molecule has 1 unspecified atom stereocenters. The van der Waals surface area contributed by atoms with Gasteiger partial charge in [0.15, 0.2) is 17.5 Å². The van der Waals surface area contributed by atoms with Gasteiger partial charge in [-0.1, -0.05) is 30.8 Å². The molecule has 0 bridgehead atoms. The second-order valence-electron chi connectivity index (χ2n) is 10.2.